The van der Waals surface area contributed by atoms with Crippen LogP contribution in [0.15, 0.2) is 36.5 Å². The van der Waals surface area contributed by atoms with Crippen LogP contribution < -0.4 is 30.2 Å². The van der Waals surface area contributed by atoms with Gasteiger partial charge in [-0.3, -0.25) is 9.88 Å². The third kappa shape index (κ3) is 4.77. The van der Waals surface area contributed by atoms with E-state index < -0.39 is 24.1 Å². The molecule has 2 aliphatic heterocycles. The summed E-state index contributed by atoms with van der Waals surface area (Å²) in [5.74, 6) is 1.19. The Morgan fingerprint density at radius 2 is 2.09 bits per heavy atom. The van der Waals surface area contributed by atoms with Crippen LogP contribution in [0.2, 0.25) is 0 Å². The maximum Gasteiger partial charge on any atom is 0.414 e. The number of amides is 1. The predicted molar refractivity (Wildman–Crippen MR) is 125 cm³/mol. The number of carbonyl (C=O) groups excluding carboxylic acids is 1. The van der Waals surface area contributed by atoms with Gasteiger partial charge in [0, 0.05) is 30.3 Å². The Morgan fingerprint density at radius 3 is 2.91 bits per heavy atom. The van der Waals surface area contributed by atoms with Crippen LogP contribution >= 0.6 is 0 Å². The van der Waals surface area contributed by atoms with Crippen molar-refractivity contribution >= 4 is 22.8 Å². The molecule has 3 N–H and O–H groups in total. The van der Waals surface area contributed by atoms with Gasteiger partial charge in [0.15, 0.2) is 11.5 Å². The number of ether oxygens (including phenoxy) is 4. The SMILES string of the molecule is COc1ccc2ncc(F)c(CNCC[C@H](N)[C@@H]3CN(c4ccc5c(c4)OCCO5)C(=O)O3)c2n1. The zero-order valence-corrected chi connectivity index (χ0v) is 19.2. The molecular formula is C24H26FN5O5. The van der Waals surface area contributed by atoms with Crippen molar-refractivity contribution in [3.05, 3.63) is 47.9 Å². The molecule has 2 atom stereocenters. The molecule has 0 unspecified atom stereocenters. The summed E-state index contributed by atoms with van der Waals surface area (Å²) in [7, 11) is 1.50. The second-order valence-electron chi connectivity index (χ2n) is 8.30. The van der Waals surface area contributed by atoms with Gasteiger partial charge in [-0.2, -0.15) is 0 Å². The van der Waals surface area contributed by atoms with E-state index in [1.54, 1.807) is 30.3 Å². The van der Waals surface area contributed by atoms with Gasteiger partial charge < -0.3 is 30.0 Å². The number of fused-ring (bicyclic) bond motifs is 2. The molecule has 1 amide bonds. The Kier molecular flexibility index (Phi) is 6.51. The molecule has 4 heterocycles. The van der Waals surface area contributed by atoms with Crippen molar-refractivity contribution in [2.75, 3.05) is 38.3 Å². The molecule has 184 valence electrons. The van der Waals surface area contributed by atoms with Gasteiger partial charge >= 0.3 is 6.09 Å². The summed E-state index contributed by atoms with van der Waals surface area (Å²) in [5.41, 5.74) is 8.42. The van der Waals surface area contributed by atoms with Crippen LogP contribution in [0.1, 0.15) is 12.0 Å². The van der Waals surface area contributed by atoms with E-state index in [9.17, 15) is 9.18 Å². The third-order valence-electron chi connectivity index (χ3n) is 6.05. The second-order valence-corrected chi connectivity index (χ2v) is 8.30. The number of benzene rings is 1. The Labute approximate surface area is 201 Å². The molecule has 1 fully saturated rings. The second kappa shape index (κ2) is 9.88. The first-order valence-electron chi connectivity index (χ1n) is 11.4. The first-order valence-corrected chi connectivity index (χ1v) is 11.4. The predicted octanol–water partition coefficient (Wildman–Crippen LogP) is 2.38. The first kappa shape index (κ1) is 23.1. The molecule has 0 radical (unpaired) electrons. The number of halogens is 1. The molecule has 35 heavy (non-hydrogen) atoms. The molecule has 1 aromatic carbocycles. The van der Waals surface area contributed by atoms with Crippen molar-refractivity contribution < 1.29 is 28.1 Å². The van der Waals surface area contributed by atoms with Gasteiger partial charge in [-0.05, 0) is 31.2 Å². The molecule has 2 aromatic heterocycles. The number of pyridine rings is 2. The van der Waals surface area contributed by atoms with Crippen molar-refractivity contribution in [2.45, 2.75) is 25.1 Å². The van der Waals surface area contributed by atoms with Crippen molar-refractivity contribution in [1.82, 2.24) is 15.3 Å². The van der Waals surface area contributed by atoms with Crippen molar-refractivity contribution in [2.24, 2.45) is 5.73 Å². The minimum Gasteiger partial charge on any atom is -0.486 e. The zero-order valence-electron chi connectivity index (χ0n) is 19.2. The molecule has 0 bridgehead atoms. The summed E-state index contributed by atoms with van der Waals surface area (Å²) >= 11 is 0. The Morgan fingerprint density at radius 1 is 1.26 bits per heavy atom. The van der Waals surface area contributed by atoms with Crippen LogP contribution in [0.25, 0.3) is 11.0 Å². The van der Waals surface area contributed by atoms with Gasteiger partial charge in [0.1, 0.15) is 30.7 Å². The van der Waals surface area contributed by atoms with Crippen molar-refractivity contribution in [3.8, 4) is 17.4 Å². The molecule has 0 aliphatic carbocycles. The van der Waals surface area contributed by atoms with E-state index in [1.165, 1.54) is 18.2 Å². The highest BCUT2D eigenvalue weighted by molar-refractivity contribution is 5.90. The first-order chi connectivity index (χ1) is 17.0. The summed E-state index contributed by atoms with van der Waals surface area (Å²) in [4.78, 5) is 22.4. The fraction of sp³-hybridized carbons (Fsp3) is 0.375. The number of nitrogens with two attached hydrogens (primary N) is 1. The fourth-order valence-corrected chi connectivity index (χ4v) is 4.15. The van der Waals surface area contributed by atoms with E-state index >= 15 is 0 Å². The lowest BCUT2D eigenvalue weighted by Gasteiger charge is -2.21. The number of nitrogens with zero attached hydrogens (tertiary/aromatic N) is 3. The molecule has 0 spiro atoms. The van der Waals surface area contributed by atoms with E-state index in [-0.39, 0.29) is 6.54 Å². The number of hydrogen-bond acceptors (Lipinski definition) is 9. The molecule has 1 saturated heterocycles. The molecule has 3 aromatic rings. The highest BCUT2D eigenvalue weighted by Crippen LogP contribution is 2.35. The number of rotatable bonds is 8. The molecule has 5 rings (SSSR count). The maximum atomic E-state index is 14.5. The lowest BCUT2D eigenvalue weighted by molar-refractivity contribution is 0.124. The highest BCUT2D eigenvalue weighted by atomic mass is 19.1. The van der Waals surface area contributed by atoms with Gasteiger partial charge in [0.2, 0.25) is 5.88 Å². The van der Waals surface area contributed by atoms with Crippen molar-refractivity contribution in [1.29, 1.82) is 0 Å². The highest BCUT2D eigenvalue weighted by Gasteiger charge is 2.36. The molecule has 11 heteroatoms. The fourth-order valence-electron chi connectivity index (χ4n) is 4.15. The number of hydrogen-bond donors (Lipinski definition) is 2. The van der Waals surface area contributed by atoms with E-state index in [2.05, 4.69) is 15.3 Å². The number of carbonyl (C=O) groups is 1. The summed E-state index contributed by atoms with van der Waals surface area (Å²) in [5, 5.41) is 3.20. The van der Waals surface area contributed by atoms with Gasteiger partial charge in [-0.1, -0.05) is 0 Å². The van der Waals surface area contributed by atoms with Crippen LogP contribution in [0.5, 0.6) is 17.4 Å². The van der Waals surface area contributed by atoms with Crippen LogP contribution in [-0.4, -0.2) is 61.6 Å². The van der Waals surface area contributed by atoms with E-state index in [4.69, 9.17) is 24.7 Å². The van der Waals surface area contributed by atoms with Crippen LogP contribution in [0.4, 0.5) is 14.9 Å². The lowest BCUT2D eigenvalue weighted by Crippen LogP contribution is -2.40. The Bertz CT molecular complexity index is 1240. The maximum absolute atomic E-state index is 14.5. The standard InChI is InChI=1S/C24H26FN5O5/c1-32-22-5-3-18-23(29-22)15(16(25)12-28-18)11-27-7-6-17(26)21-13-30(24(31)35-21)14-2-4-19-20(10-14)34-9-8-33-19/h2-5,10,12,17,21,27H,6-9,11,13,26H2,1H3/t17-,21-/m0/s1. The minimum absolute atomic E-state index is 0.242. The largest absolute Gasteiger partial charge is 0.486 e. The summed E-state index contributed by atoms with van der Waals surface area (Å²) in [6, 6.07) is 8.36. The van der Waals surface area contributed by atoms with Gasteiger partial charge in [0.25, 0.3) is 0 Å². The third-order valence-corrected chi connectivity index (χ3v) is 6.05. The van der Waals surface area contributed by atoms with E-state index in [0.717, 1.165) is 0 Å². The smallest absolute Gasteiger partial charge is 0.414 e. The zero-order chi connectivity index (χ0) is 24.4. The number of cyclic esters (lactones) is 1. The Hall–Kier alpha value is -3.70. The number of methoxy groups -OCH3 is 1. The lowest BCUT2D eigenvalue weighted by atomic mass is 10.1. The van der Waals surface area contributed by atoms with E-state index in [1.807, 2.05) is 0 Å². The average molecular weight is 484 g/mol. The summed E-state index contributed by atoms with van der Waals surface area (Å²) in [6.45, 7) is 2.02. The van der Waals surface area contributed by atoms with Gasteiger partial charge in [-0.25, -0.2) is 14.2 Å². The van der Waals surface area contributed by atoms with Crippen LogP contribution in [0, 0.1) is 5.82 Å². The van der Waals surface area contributed by atoms with Crippen LogP contribution in [0.3, 0.4) is 0 Å². The van der Waals surface area contributed by atoms with Crippen LogP contribution in [-0.2, 0) is 11.3 Å². The molecule has 0 saturated carbocycles. The summed E-state index contributed by atoms with van der Waals surface area (Å²) < 4.78 is 36.3. The molecule has 10 nitrogen and oxygen atoms in total. The Balaban J connectivity index is 1.17. The molecule has 2 aliphatic rings. The number of anilines is 1. The van der Waals surface area contributed by atoms with Gasteiger partial charge in [0.05, 0.1) is 31.1 Å². The monoisotopic (exact) mass is 483 g/mol. The minimum atomic E-state index is -0.470. The molecular weight excluding hydrogens is 457 g/mol. The number of nitrogens with one attached hydrogen (secondary N) is 1. The van der Waals surface area contributed by atoms with Gasteiger partial charge in [-0.15, -0.1) is 0 Å². The topological polar surface area (TPSA) is 121 Å². The average Bonchev–Trinajstić information content (AvgIpc) is 3.28. The normalized spacial score (nSPS) is 18.0. The number of aromatic nitrogens is 2. The summed E-state index contributed by atoms with van der Waals surface area (Å²) in [6.07, 6.45) is 0.778. The van der Waals surface area contributed by atoms with Crippen molar-refractivity contribution in [3.63, 3.8) is 0 Å². The quantitative estimate of drug-likeness (QED) is 0.465. The van der Waals surface area contributed by atoms with E-state index in [0.29, 0.717) is 72.4 Å².